The average Bonchev–Trinajstić information content (AvgIpc) is 3.89. The molecule has 1 aromatic heterocycles. The molecular weight excluding hydrogens is 580 g/mol. The summed E-state index contributed by atoms with van der Waals surface area (Å²) in [6.07, 6.45) is 11.0. The lowest BCUT2D eigenvalue weighted by Gasteiger charge is -2.47. The molecule has 46 heavy (non-hydrogen) atoms. The quantitative estimate of drug-likeness (QED) is 0.293. The Morgan fingerprint density at radius 3 is 2.52 bits per heavy atom. The van der Waals surface area contributed by atoms with Gasteiger partial charge in [-0.25, -0.2) is 4.98 Å². The van der Waals surface area contributed by atoms with Crippen molar-refractivity contribution in [1.29, 1.82) is 0 Å². The smallest absolute Gasteiger partial charge is 0.280 e. The number of carbonyl (C=O) groups excluding carboxylic acids is 1. The van der Waals surface area contributed by atoms with Gasteiger partial charge < -0.3 is 40.5 Å². The van der Waals surface area contributed by atoms with Gasteiger partial charge in [-0.2, -0.15) is 4.98 Å². The highest BCUT2D eigenvalue weighted by atomic mass is 16.5. The number of aromatic nitrogens is 2. The van der Waals surface area contributed by atoms with Crippen LogP contribution >= 0.6 is 0 Å². The molecule has 1 aromatic carbocycles. The van der Waals surface area contributed by atoms with Crippen LogP contribution < -0.4 is 30.5 Å². The molecule has 0 spiro atoms. The number of carbonyl (C=O) groups is 1. The summed E-state index contributed by atoms with van der Waals surface area (Å²) in [5, 5.41) is 21.5. The molecule has 2 saturated carbocycles. The van der Waals surface area contributed by atoms with Crippen LogP contribution in [0.3, 0.4) is 0 Å². The Bertz CT molecular complexity index is 1350. The summed E-state index contributed by atoms with van der Waals surface area (Å²) in [7, 11) is 3.25. The van der Waals surface area contributed by atoms with E-state index < -0.39 is 11.6 Å². The number of amides is 1. The molecule has 0 bridgehead atoms. The molecule has 2 aliphatic heterocycles. The van der Waals surface area contributed by atoms with E-state index in [9.17, 15) is 9.90 Å². The van der Waals surface area contributed by atoms with Crippen molar-refractivity contribution < 1.29 is 14.6 Å². The van der Waals surface area contributed by atoms with E-state index in [4.69, 9.17) is 9.72 Å². The second-order valence-electron chi connectivity index (χ2n) is 13.4. The second-order valence-corrected chi connectivity index (χ2v) is 13.4. The van der Waals surface area contributed by atoms with Crippen molar-refractivity contribution in [2.75, 3.05) is 62.0 Å². The first-order valence-electron chi connectivity index (χ1n) is 17.2. The minimum absolute atomic E-state index is 0.161. The first-order chi connectivity index (χ1) is 22.1. The number of rotatable bonds is 10. The maximum atomic E-state index is 13.0. The Hall–Kier alpha value is -3.41. The third-order valence-electron chi connectivity index (χ3n) is 9.60. The number of nitrogens with zero attached hydrogens (tertiary/aromatic N) is 5. The first-order valence-corrected chi connectivity index (χ1v) is 17.2. The zero-order chi connectivity index (χ0) is 32.8. The molecular formula is C35H54N8O3. The van der Waals surface area contributed by atoms with Crippen molar-refractivity contribution in [3.8, 4) is 5.75 Å². The van der Waals surface area contributed by atoms with Crippen molar-refractivity contribution in [2.24, 2.45) is 5.92 Å². The molecule has 1 amide bonds. The van der Waals surface area contributed by atoms with Gasteiger partial charge >= 0.3 is 0 Å². The van der Waals surface area contributed by atoms with Gasteiger partial charge in [-0.05, 0) is 57.6 Å². The predicted octanol–water partition coefficient (Wildman–Crippen LogP) is 4.71. The summed E-state index contributed by atoms with van der Waals surface area (Å²) in [6.45, 7) is 16.2. The Kier molecular flexibility index (Phi) is 11.1. The highest BCUT2D eigenvalue weighted by Crippen LogP contribution is 2.41. The number of aliphatic hydroxyl groups is 1. The van der Waals surface area contributed by atoms with E-state index in [0.29, 0.717) is 34.9 Å². The van der Waals surface area contributed by atoms with Crippen LogP contribution in [0.4, 0.5) is 23.1 Å². The van der Waals surface area contributed by atoms with E-state index in [1.54, 1.807) is 32.2 Å². The van der Waals surface area contributed by atoms with Gasteiger partial charge in [-0.3, -0.25) is 4.79 Å². The van der Waals surface area contributed by atoms with Gasteiger partial charge in [0.05, 0.1) is 19.0 Å². The molecule has 11 nitrogen and oxygen atoms in total. The summed E-state index contributed by atoms with van der Waals surface area (Å²) in [5.41, 5.74) is 1.43. The lowest BCUT2D eigenvalue weighted by Crippen LogP contribution is -2.65. The third-order valence-corrected chi connectivity index (χ3v) is 9.60. The summed E-state index contributed by atoms with van der Waals surface area (Å²) in [6, 6.07) is 6.16. The number of benzene rings is 1. The Labute approximate surface area is 274 Å². The Morgan fingerprint density at radius 1 is 1.17 bits per heavy atom. The SMILES string of the molecule is C1CN(CC2CC2)CCN1.C=C(NC1CCCCC1)c1ccc(Nc2ncc3c(n2)N(C(C)C)C(O)(CC)C(=O)N3C)c(OC)c1. The molecule has 2 aliphatic carbocycles. The number of hydrogen-bond donors (Lipinski definition) is 4. The largest absolute Gasteiger partial charge is 0.495 e. The van der Waals surface area contributed by atoms with Crippen molar-refractivity contribution >= 4 is 34.7 Å². The normalized spacial score (nSPS) is 22.2. The molecule has 4 aliphatic rings. The van der Waals surface area contributed by atoms with Gasteiger partial charge in [0.2, 0.25) is 11.7 Å². The number of methoxy groups -OCH3 is 1. The second kappa shape index (κ2) is 15.0. The maximum Gasteiger partial charge on any atom is 0.280 e. The molecule has 3 heterocycles. The van der Waals surface area contributed by atoms with Crippen LogP contribution in [0.5, 0.6) is 5.75 Å². The van der Waals surface area contributed by atoms with Crippen LogP contribution in [-0.4, -0.2) is 90.6 Å². The van der Waals surface area contributed by atoms with Gasteiger partial charge in [-0.1, -0.05) is 38.8 Å². The van der Waals surface area contributed by atoms with E-state index in [0.717, 1.165) is 17.2 Å². The van der Waals surface area contributed by atoms with Gasteiger partial charge in [0.25, 0.3) is 5.91 Å². The molecule has 6 rings (SSSR count). The van der Waals surface area contributed by atoms with E-state index >= 15 is 0 Å². The van der Waals surface area contributed by atoms with Gasteiger partial charge in [-0.15, -0.1) is 0 Å². The minimum atomic E-state index is -1.67. The Balaban J connectivity index is 0.000000350. The fraction of sp³-hybridized carbons (Fsp3) is 0.629. The van der Waals surface area contributed by atoms with Gasteiger partial charge in [0.1, 0.15) is 11.4 Å². The predicted molar refractivity (Wildman–Crippen MR) is 186 cm³/mol. The zero-order valence-corrected chi connectivity index (χ0v) is 28.4. The molecule has 1 atom stereocenters. The lowest BCUT2D eigenvalue weighted by atomic mass is 9.95. The fourth-order valence-electron chi connectivity index (χ4n) is 6.73. The van der Waals surface area contributed by atoms with Crippen molar-refractivity contribution in [2.45, 2.75) is 89.9 Å². The number of hydrogen-bond acceptors (Lipinski definition) is 10. The van der Waals surface area contributed by atoms with Crippen LogP contribution in [-0.2, 0) is 4.79 Å². The van der Waals surface area contributed by atoms with Crippen LogP contribution in [0, 0.1) is 5.92 Å². The molecule has 252 valence electrons. The van der Waals surface area contributed by atoms with E-state index in [1.807, 2.05) is 32.0 Å². The number of ether oxygens (including phenoxy) is 1. The monoisotopic (exact) mass is 634 g/mol. The van der Waals surface area contributed by atoms with Crippen molar-refractivity contribution in [3.05, 3.63) is 36.5 Å². The Morgan fingerprint density at radius 2 is 1.89 bits per heavy atom. The number of piperazine rings is 1. The van der Waals surface area contributed by atoms with Crippen LogP contribution in [0.15, 0.2) is 31.0 Å². The minimum Gasteiger partial charge on any atom is -0.495 e. The molecule has 1 unspecified atom stereocenters. The number of fused-ring (bicyclic) bond motifs is 1. The molecule has 2 aromatic rings. The fourth-order valence-corrected chi connectivity index (χ4v) is 6.73. The third kappa shape index (κ3) is 7.75. The zero-order valence-electron chi connectivity index (χ0n) is 28.4. The molecule has 0 radical (unpaired) electrons. The van der Waals surface area contributed by atoms with Crippen LogP contribution in [0.25, 0.3) is 5.70 Å². The van der Waals surface area contributed by atoms with Gasteiger partial charge in [0.15, 0.2) is 5.82 Å². The van der Waals surface area contributed by atoms with Crippen molar-refractivity contribution in [1.82, 2.24) is 25.5 Å². The van der Waals surface area contributed by atoms with Crippen LogP contribution in [0.1, 0.15) is 77.7 Å². The highest BCUT2D eigenvalue weighted by Gasteiger charge is 2.50. The molecule has 3 fully saturated rings. The summed E-state index contributed by atoms with van der Waals surface area (Å²) in [4.78, 5) is 27.8. The van der Waals surface area contributed by atoms with E-state index in [-0.39, 0.29) is 12.5 Å². The van der Waals surface area contributed by atoms with Crippen molar-refractivity contribution in [3.63, 3.8) is 0 Å². The topological polar surface area (TPSA) is 118 Å². The summed E-state index contributed by atoms with van der Waals surface area (Å²) < 4.78 is 5.66. The molecule has 1 saturated heterocycles. The van der Waals surface area contributed by atoms with Gasteiger partial charge in [0, 0.05) is 69.5 Å². The molecule has 11 heteroatoms. The van der Waals surface area contributed by atoms with E-state index in [1.165, 1.54) is 82.6 Å². The summed E-state index contributed by atoms with van der Waals surface area (Å²) in [5.74, 6) is 2.15. The number of anilines is 4. The van der Waals surface area contributed by atoms with E-state index in [2.05, 4.69) is 32.4 Å². The van der Waals surface area contributed by atoms with Crippen LogP contribution in [0.2, 0.25) is 0 Å². The lowest BCUT2D eigenvalue weighted by molar-refractivity contribution is -0.138. The molecule has 4 N–H and O–H groups in total. The standard InChI is InChI=1S/C27H38N6O3.C8H16N2/c1-7-27(35)25(34)32(5)22-16-28-26(31-24(22)33(27)17(2)3)30-21-14-13-19(15-23(21)36-6)18(4)29-20-11-9-8-10-12-20;1-2-8(1)7-10-5-3-9-4-6-10/h13-17,20,29,35H,4,7-12H2,1-3,5-6H3,(H,28,30,31);8-9H,1-7H2. The maximum absolute atomic E-state index is 13.0. The average molecular weight is 635 g/mol. The highest BCUT2D eigenvalue weighted by molar-refractivity contribution is 6.06. The summed E-state index contributed by atoms with van der Waals surface area (Å²) >= 11 is 0. The number of nitrogens with one attached hydrogen (secondary N) is 3. The first kappa shape index (κ1) is 33.9. The number of likely N-dealkylation sites (N-methyl/N-ethyl adjacent to an activating group) is 1.